The first kappa shape index (κ1) is 16.8. The van der Waals surface area contributed by atoms with Crippen LogP contribution in [0.4, 0.5) is 10.2 Å². The molecular formula is C19H19ClFN5O. The van der Waals surface area contributed by atoms with E-state index in [0.29, 0.717) is 18.3 Å². The topological polar surface area (TPSA) is 54.7 Å². The highest BCUT2D eigenvalue weighted by Crippen LogP contribution is 2.34. The van der Waals surface area contributed by atoms with Crippen LogP contribution >= 0.6 is 11.6 Å². The van der Waals surface area contributed by atoms with Crippen LogP contribution in [0, 0.1) is 5.82 Å². The van der Waals surface area contributed by atoms with Crippen molar-refractivity contribution in [2.75, 3.05) is 31.6 Å². The molecule has 3 aromatic rings. The minimum atomic E-state index is -0.530. The van der Waals surface area contributed by atoms with Crippen LogP contribution in [0.1, 0.15) is 12.8 Å². The maximum atomic E-state index is 14.5. The highest BCUT2D eigenvalue weighted by molar-refractivity contribution is 6.31. The number of benzene rings is 1. The second kappa shape index (κ2) is 6.65. The fourth-order valence-corrected chi connectivity index (χ4v) is 4.12. The summed E-state index contributed by atoms with van der Waals surface area (Å²) in [5, 5.41) is 7.83. The molecule has 0 saturated carbocycles. The summed E-state index contributed by atoms with van der Waals surface area (Å²) in [4.78, 5) is 7.10. The Kier molecular flexibility index (Phi) is 4.13. The predicted molar refractivity (Wildman–Crippen MR) is 102 cm³/mol. The van der Waals surface area contributed by atoms with E-state index < -0.39 is 5.82 Å². The normalized spacial score (nSPS) is 20.1. The van der Waals surface area contributed by atoms with E-state index in [-0.39, 0.29) is 10.8 Å². The standard InChI is InChI=1S/C19H19ClFN5O/c20-15-8-12-9-16(18(15)21)27-7-6-25-4-1-2-13(25)10-22-17-3-5-26-19(24-17)14(12)11-23-26/h3,5,8-9,11,13H,1-2,4,6-7,10H2,(H,22,24)/t13-/m0/s1. The number of nitrogens with zero attached hydrogens (tertiary/aromatic N) is 4. The Labute approximate surface area is 160 Å². The van der Waals surface area contributed by atoms with E-state index in [1.54, 1.807) is 22.8 Å². The van der Waals surface area contributed by atoms with Crippen molar-refractivity contribution in [2.45, 2.75) is 18.9 Å². The number of fused-ring (bicyclic) bond motifs is 5. The van der Waals surface area contributed by atoms with Gasteiger partial charge in [0.15, 0.2) is 17.2 Å². The van der Waals surface area contributed by atoms with Crippen LogP contribution in [-0.4, -0.2) is 51.8 Å². The molecule has 27 heavy (non-hydrogen) atoms. The average Bonchev–Trinajstić information content (AvgIpc) is 3.29. The summed E-state index contributed by atoms with van der Waals surface area (Å²) in [5.41, 5.74) is 2.20. The molecule has 0 radical (unpaired) electrons. The molecule has 4 bridgehead atoms. The molecule has 1 N–H and O–H groups in total. The van der Waals surface area contributed by atoms with Gasteiger partial charge in [-0.25, -0.2) is 13.9 Å². The second-order valence-electron chi connectivity index (χ2n) is 6.97. The van der Waals surface area contributed by atoms with Crippen molar-refractivity contribution >= 4 is 23.1 Å². The first-order chi connectivity index (χ1) is 13.2. The lowest BCUT2D eigenvalue weighted by Gasteiger charge is -2.25. The summed E-state index contributed by atoms with van der Waals surface area (Å²) in [5.74, 6) is 0.439. The van der Waals surface area contributed by atoms with Crippen LogP contribution in [0.5, 0.6) is 5.75 Å². The highest BCUT2D eigenvalue weighted by Gasteiger charge is 2.25. The second-order valence-corrected chi connectivity index (χ2v) is 7.38. The van der Waals surface area contributed by atoms with Crippen LogP contribution < -0.4 is 10.1 Å². The summed E-state index contributed by atoms with van der Waals surface area (Å²) in [6, 6.07) is 5.60. The number of aromatic nitrogens is 3. The van der Waals surface area contributed by atoms with E-state index >= 15 is 0 Å². The van der Waals surface area contributed by atoms with Crippen molar-refractivity contribution in [1.29, 1.82) is 0 Å². The third kappa shape index (κ3) is 3.00. The van der Waals surface area contributed by atoms with Crippen molar-refractivity contribution in [2.24, 2.45) is 0 Å². The summed E-state index contributed by atoms with van der Waals surface area (Å²) in [7, 11) is 0. The first-order valence-electron chi connectivity index (χ1n) is 9.13. The van der Waals surface area contributed by atoms with Crippen molar-refractivity contribution < 1.29 is 9.13 Å². The predicted octanol–water partition coefficient (Wildman–Crippen LogP) is 3.46. The summed E-state index contributed by atoms with van der Waals surface area (Å²) in [6.07, 6.45) is 5.86. The van der Waals surface area contributed by atoms with Gasteiger partial charge in [0.25, 0.3) is 0 Å². The van der Waals surface area contributed by atoms with E-state index in [1.807, 2.05) is 12.3 Å². The minimum absolute atomic E-state index is 0.0299. The minimum Gasteiger partial charge on any atom is -0.489 e. The van der Waals surface area contributed by atoms with Crippen molar-refractivity contribution in [3.8, 4) is 16.9 Å². The van der Waals surface area contributed by atoms with Crippen molar-refractivity contribution in [3.63, 3.8) is 0 Å². The number of rotatable bonds is 0. The maximum Gasteiger partial charge on any atom is 0.183 e. The zero-order valence-electron chi connectivity index (χ0n) is 14.7. The molecule has 0 aliphatic carbocycles. The lowest BCUT2D eigenvalue weighted by atomic mass is 10.1. The number of hydrogen-bond acceptors (Lipinski definition) is 5. The summed E-state index contributed by atoms with van der Waals surface area (Å²) < 4.78 is 21.9. The van der Waals surface area contributed by atoms with Gasteiger partial charge in [0.2, 0.25) is 0 Å². The fraction of sp³-hybridized carbons (Fsp3) is 0.368. The van der Waals surface area contributed by atoms with Crippen LogP contribution in [0.3, 0.4) is 0 Å². The third-order valence-electron chi connectivity index (χ3n) is 5.33. The van der Waals surface area contributed by atoms with E-state index in [4.69, 9.17) is 21.3 Å². The quantitative estimate of drug-likeness (QED) is 0.640. The van der Waals surface area contributed by atoms with Gasteiger partial charge in [0.05, 0.1) is 11.2 Å². The van der Waals surface area contributed by atoms with Gasteiger partial charge in [-0.2, -0.15) is 5.10 Å². The number of halogens is 2. The molecule has 2 aliphatic rings. The molecule has 2 aliphatic heterocycles. The zero-order chi connectivity index (χ0) is 18.4. The summed E-state index contributed by atoms with van der Waals surface area (Å²) >= 11 is 6.13. The molecule has 5 rings (SSSR count). The Morgan fingerprint density at radius 2 is 2.22 bits per heavy atom. The largest absolute Gasteiger partial charge is 0.489 e. The summed E-state index contributed by atoms with van der Waals surface area (Å²) in [6.45, 7) is 3.01. The van der Waals surface area contributed by atoms with Crippen LogP contribution in [0.15, 0.2) is 30.6 Å². The van der Waals surface area contributed by atoms with Crippen molar-refractivity contribution in [3.05, 3.63) is 41.4 Å². The Morgan fingerprint density at radius 1 is 1.30 bits per heavy atom. The Morgan fingerprint density at radius 3 is 3.15 bits per heavy atom. The molecule has 140 valence electrons. The molecule has 1 fully saturated rings. The lowest BCUT2D eigenvalue weighted by molar-refractivity contribution is 0.197. The smallest absolute Gasteiger partial charge is 0.183 e. The van der Waals surface area contributed by atoms with Gasteiger partial charge in [-0.15, -0.1) is 0 Å². The van der Waals surface area contributed by atoms with E-state index in [9.17, 15) is 4.39 Å². The average molecular weight is 388 g/mol. The molecular weight excluding hydrogens is 369 g/mol. The van der Waals surface area contributed by atoms with E-state index in [2.05, 4.69) is 15.3 Å². The molecule has 0 amide bonds. The molecule has 0 unspecified atom stereocenters. The monoisotopic (exact) mass is 387 g/mol. The van der Waals surface area contributed by atoms with Gasteiger partial charge in [0.1, 0.15) is 12.4 Å². The van der Waals surface area contributed by atoms with Crippen LogP contribution in [-0.2, 0) is 0 Å². The maximum absolute atomic E-state index is 14.5. The SMILES string of the molecule is Fc1c(Cl)cc2cc1OCCN1CCC[C@H]1CNc1ccn3ncc-2c3n1. The van der Waals surface area contributed by atoms with Gasteiger partial charge in [0, 0.05) is 30.9 Å². The number of hydrogen-bond donors (Lipinski definition) is 1. The molecule has 4 heterocycles. The highest BCUT2D eigenvalue weighted by atomic mass is 35.5. The lowest BCUT2D eigenvalue weighted by Crippen LogP contribution is -2.37. The van der Waals surface area contributed by atoms with Gasteiger partial charge in [-0.1, -0.05) is 11.6 Å². The molecule has 0 spiro atoms. The van der Waals surface area contributed by atoms with E-state index in [1.165, 1.54) is 0 Å². The molecule has 8 heteroatoms. The first-order valence-corrected chi connectivity index (χ1v) is 9.51. The molecule has 1 aromatic carbocycles. The van der Waals surface area contributed by atoms with Gasteiger partial charge in [-0.05, 0) is 43.1 Å². The van der Waals surface area contributed by atoms with E-state index in [0.717, 1.165) is 49.4 Å². The molecule has 6 nitrogen and oxygen atoms in total. The van der Waals surface area contributed by atoms with Crippen molar-refractivity contribution in [1.82, 2.24) is 19.5 Å². The van der Waals surface area contributed by atoms with Gasteiger partial charge in [-0.3, -0.25) is 4.90 Å². The fourth-order valence-electron chi connectivity index (χ4n) is 3.91. The molecule has 1 saturated heterocycles. The third-order valence-corrected chi connectivity index (χ3v) is 5.60. The Hall–Kier alpha value is -2.38. The molecule has 1 atom stereocenters. The number of nitrogens with one attached hydrogen (secondary N) is 1. The number of ether oxygens (including phenoxy) is 1. The van der Waals surface area contributed by atoms with Gasteiger partial charge >= 0.3 is 0 Å². The molecule has 2 aromatic heterocycles. The van der Waals surface area contributed by atoms with Crippen LogP contribution in [0.25, 0.3) is 16.8 Å². The Bertz CT molecular complexity index is 1010. The Balaban J connectivity index is 1.64. The zero-order valence-corrected chi connectivity index (χ0v) is 15.4. The number of anilines is 1. The van der Waals surface area contributed by atoms with Crippen LogP contribution in [0.2, 0.25) is 5.02 Å². The van der Waals surface area contributed by atoms with Gasteiger partial charge < -0.3 is 10.1 Å².